The molecule has 2 N–H and O–H groups in total. The Bertz CT molecular complexity index is 493. The summed E-state index contributed by atoms with van der Waals surface area (Å²) in [7, 11) is 0. The number of aryl methyl sites for hydroxylation is 1. The zero-order valence-corrected chi connectivity index (χ0v) is 12.1. The molecule has 2 aromatic rings. The first-order valence-corrected chi connectivity index (χ1v) is 7.20. The third-order valence-electron chi connectivity index (χ3n) is 3.42. The van der Waals surface area contributed by atoms with Crippen molar-refractivity contribution in [2.45, 2.75) is 19.8 Å². The highest BCUT2D eigenvalue weighted by molar-refractivity contribution is 5.47. The number of aromatic nitrogens is 1. The van der Waals surface area contributed by atoms with Gasteiger partial charge in [-0.05, 0) is 50.1 Å². The lowest BCUT2D eigenvalue weighted by Gasteiger charge is -2.25. The van der Waals surface area contributed by atoms with Crippen molar-refractivity contribution in [1.29, 1.82) is 0 Å². The van der Waals surface area contributed by atoms with Gasteiger partial charge in [-0.2, -0.15) is 0 Å². The zero-order valence-electron chi connectivity index (χ0n) is 12.1. The molecule has 0 amide bonds. The van der Waals surface area contributed by atoms with E-state index in [1.165, 1.54) is 16.8 Å². The van der Waals surface area contributed by atoms with Crippen LogP contribution in [0, 0.1) is 6.92 Å². The fourth-order valence-corrected chi connectivity index (χ4v) is 2.22. The predicted molar refractivity (Wildman–Crippen MR) is 85.0 cm³/mol. The van der Waals surface area contributed by atoms with Crippen LogP contribution >= 0.6 is 0 Å². The van der Waals surface area contributed by atoms with Crippen molar-refractivity contribution in [3.05, 3.63) is 59.9 Å². The molecule has 0 aliphatic rings. The molecule has 0 fully saturated rings. The van der Waals surface area contributed by atoms with E-state index in [-0.39, 0.29) is 0 Å². The minimum absolute atomic E-state index is 0.731. The summed E-state index contributed by atoms with van der Waals surface area (Å²) in [4.78, 5) is 6.57. The Kier molecular flexibility index (Phi) is 5.56. The van der Waals surface area contributed by atoms with Crippen molar-refractivity contribution in [2.24, 2.45) is 5.73 Å². The monoisotopic (exact) mass is 269 g/mol. The van der Waals surface area contributed by atoms with Gasteiger partial charge in [-0.25, -0.2) is 0 Å². The number of nitrogens with two attached hydrogens (primary N) is 1. The lowest BCUT2D eigenvalue weighted by Crippen LogP contribution is -2.28. The third kappa shape index (κ3) is 4.35. The SMILES string of the molecule is Cc1ccc(N(CCCN)CCc2cccnc2)cc1. The van der Waals surface area contributed by atoms with Crippen LogP contribution in [-0.2, 0) is 6.42 Å². The van der Waals surface area contributed by atoms with E-state index in [1.807, 2.05) is 18.5 Å². The standard InChI is InChI=1S/C17H23N3/c1-15-5-7-17(8-6-15)20(12-3-10-18)13-9-16-4-2-11-19-14-16/h2,4-8,11,14H,3,9-10,12-13,18H2,1H3. The van der Waals surface area contributed by atoms with Gasteiger partial charge in [0.2, 0.25) is 0 Å². The molecule has 1 aromatic heterocycles. The first kappa shape index (κ1) is 14.5. The van der Waals surface area contributed by atoms with Crippen molar-refractivity contribution < 1.29 is 0 Å². The van der Waals surface area contributed by atoms with Crippen molar-refractivity contribution in [2.75, 3.05) is 24.5 Å². The van der Waals surface area contributed by atoms with Crippen molar-refractivity contribution in [3.63, 3.8) is 0 Å². The molecule has 0 bridgehead atoms. The van der Waals surface area contributed by atoms with Crippen LogP contribution in [0.1, 0.15) is 17.5 Å². The van der Waals surface area contributed by atoms with Gasteiger partial charge in [0.15, 0.2) is 0 Å². The van der Waals surface area contributed by atoms with Gasteiger partial charge >= 0.3 is 0 Å². The molecule has 0 unspecified atom stereocenters. The Labute approximate surface area is 121 Å². The molecule has 3 heteroatoms. The van der Waals surface area contributed by atoms with E-state index >= 15 is 0 Å². The quantitative estimate of drug-likeness (QED) is 0.840. The summed E-state index contributed by atoms with van der Waals surface area (Å²) in [5.74, 6) is 0. The second-order valence-corrected chi connectivity index (χ2v) is 5.08. The van der Waals surface area contributed by atoms with Gasteiger partial charge in [0.25, 0.3) is 0 Å². The first-order valence-electron chi connectivity index (χ1n) is 7.20. The molecule has 0 aliphatic heterocycles. The molecule has 1 heterocycles. The number of nitrogens with zero attached hydrogens (tertiary/aromatic N) is 2. The average molecular weight is 269 g/mol. The largest absolute Gasteiger partial charge is 0.371 e. The maximum absolute atomic E-state index is 5.65. The highest BCUT2D eigenvalue weighted by atomic mass is 15.1. The van der Waals surface area contributed by atoms with Gasteiger partial charge < -0.3 is 10.6 Å². The number of hydrogen-bond acceptors (Lipinski definition) is 3. The normalized spacial score (nSPS) is 10.5. The highest BCUT2D eigenvalue weighted by Crippen LogP contribution is 2.16. The summed E-state index contributed by atoms with van der Waals surface area (Å²) in [6.07, 6.45) is 5.78. The molecule has 0 radical (unpaired) electrons. The summed E-state index contributed by atoms with van der Waals surface area (Å²) >= 11 is 0. The van der Waals surface area contributed by atoms with Crippen LogP contribution in [0.4, 0.5) is 5.69 Å². The number of pyridine rings is 1. The van der Waals surface area contributed by atoms with Crippen molar-refractivity contribution in [3.8, 4) is 0 Å². The second kappa shape index (κ2) is 7.65. The summed E-state index contributed by atoms with van der Waals surface area (Å²) in [6.45, 7) is 4.84. The Morgan fingerprint density at radius 3 is 2.55 bits per heavy atom. The van der Waals surface area contributed by atoms with E-state index in [9.17, 15) is 0 Å². The molecule has 1 aromatic carbocycles. The Morgan fingerprint density at radius 2 is 1.90 bits per heavy atom. The van der Waals surface area contributed by atoms with Crippen LogP contribution in [0.15, 0.2) is 48.8 Å². The highest BCUT2D eigenvalue weighted by Gasteiger charge is 2.06. The van der Waals surface area contributed by atoms with Crippen LogP contribution in [0.2, 0.25) is 0 Å². The van der Waals surface area contributed by atoms with Crippen LogP contribution in [0.25, 0.3) is 0 Å². The Balaban J connectivity index is 2.01. The second-order valence-electron chi connectivity index (χ2n) is 5.08. The maximum atomic E-state index is 5.65. The van der Waals surface area contributed by atoms with Crippen LogP contribution < -0.4 is 10.6 Å². The van der Waals surface area contributed by atoms with E-state index < -0.39 is 0 Å². The molecule has 20 heavy (non-hydrogen) atoms. The van der Waals surface area contributed by atoms with Gasteiger partial charge in [-0.1, -0.05) is 23.8 Å². The van der Waals surface area contributed by atoms with Crippen LogP contribution in [0.5, 0.6) is 0 Å². The number of anilines is 1. The molecule has 0 saturated heterocycles. The van der Waals surface area contributed by atoms with Crippen LogP contribution in [-0.4, -0.2) is 24.6 Å². The van der Waals surface area contributed by atoms with E-state index in [1.54, 1.807) is 0 Å². The predicted octanol–water partition coefficient (Wildman–Crippen LogP) is 2.79. The minimum atomic E-state index is 0.731. The topological polar surface area (TPSA) is 42.1 Å². The fourth-order valence-electron chi connectivity index (χ4n) is 2.22. The van der Waals surface area contributed by atoms with Crippen molar-refractivity contribution in [1.82, 2.24) is 4.98 Å². The van der Waals surface area contributed by atoms with Gasteiger partial charge in [-0.3, -0.25) is 4.98 Å². The number of benzene rings is 1. The third-order valence-corrected chi connectivity index (χ3v) is 3.42. The Morgan fingerprint density at radius 1 is 1.10 bits per heavy atom. The minimum Gasteiger partial charge on any atom is -0.371 e. The van der Waals surface area contributed by atoms with Gasteiger partial charge in [0.05, 0.1) is 0 Å². The molecule has 3 nitrogen and oxygen atoms in total. The van der Waals surface area contributed by atoms with Gasteiger partial charge in [-0.15, -0.1) is 0 Å². The molecule has 0 atom stereocenters. The summed E-state index contributed by atoms with van der Waals surface area (Å²) in [5.41, 5.74) is 9.49. The van der Waals surface area contributed by atoms with Crippen molar-refractivity contribution >= 4 is 5.69 Å². The maximum Gasteiger partial charge on any atom is 0.0366 e. The smallest absolute Gasteiger partial charge is 0.0366 e. The number of hydrogen-bond donors (Lipinski definition) is 1. The summed E-state index contributed by atoms with van der Waals surface area (Å²) in [6, 6.07) is 12.8. The van der Waals surface area contributed by atoms with E-state index in [0.717, 1.165) is 32.5 Å². The molecular weight excluding hydrogens is 246 g/mol. The van der Waals surface area contributed by atoms with Gasteiger partial charge in [0.1, 0.15) is 0 Å². The van der Waals surface area contributed by atoms with Gasteiger partial charge in [0, 0.05) is 31.2 Å². The summed E-state index contributed by atoms with van der Waals surface area (Å²) < 4.78 is 0. The van der Waals surface area contributed by atoms with E-state index in [2.05, 4.69) is 47.1 Å². The molecular formula is C17H23N3. The van der Waals surface area contributed by atoms with Crippen LogP contribution in [0.3, 0.4) is 0 Å². The average Bonchev–Trinajstić information content (AvgIpc) is 2.50. The Hall–Kier alpha value is -1.87. The van der Waals surface area contributed by atoms with E-state index in [4.69, 9.17) is 5.73 Å². The molecule has 106 valence electrons. The molecule has 2 rings (SSSR count). The molecule has 0 spiro atoms. The molecule has 0 aliphatic carbocycles. The fraction of sp³-hybridized carbons (Fsp3) is 0.353. The lowest BCUT2D eigenvalue weighted by molar-refractivity contribution is 0.728. The number of rotatable bonds is 7. The van der Waals surface area contributed by atoms with E-state index in [0.29, 0.717) is 0 Å². The first-order chi connectivity index (χ1) is 9.79. The zero-order chi connectivity index (χ0) is 14.2. The molecule has 0 saturated carbocycles. The lowest BCUT2D eigenvalue weighted by atomic mass is 10.1. The summed E-state index contributed by atoms with van der Waals surface area (Å²) in [5, 5.41) is 0.